The summed E-state index contributed by atoms with van der Waals surface area (Å²) in [5.74, 6) is -0.162. The number of aliphatic carboxylic acids is 1. The van der Waals surface area contributed by atoms with Gasteiger partial charge in [-0.15, -0.1) is 0 Å². The van der Waals surface area contributed by atoms with Crippen LogP contribution in [0.5, 0.6) is 5.75 Å². The van der Waals surface area contributed by atoms with E-state index in [1.165, 1.54) is 0 Å². The van der Waals surface area contributed by atoms with Crippen LogP contribution in [0.15, 0.2) is 18.2 Å². The van der Waals surface area contributed by atoms with Crippen molar-refractivity contribution in [2.75, 3.05) is 12.8 Å². The fourth-order valence-electron chi connectivity index (χ4n) is 2.03. The van der Waals surface area contributed by atoms with E-state index in [1.807, 2.05) is 32.0 Å². The van der Waals surface area contributed by atoms with Crippen molar-refractivity contribution in [3.63, 3.8) is 0 Å². The number of anilines is 1. The van der Waals surface area contributed by atoms with Crippen LogP contribution in [-0.2, 0) is 11.2 Å². The summed E-state index contributed by atoms with van der Waals surface area (Å²) in [4.78, 5) is 11.0. The van der Waals surface area contributed by atoms with E-state index in [1.54, 1.807) is 7.11 Å². The Labute approximate surface area is 113 Å². The summed E-state index contributed by atoms with van der Waals surface area (Å²) in [6.45, 7) is 3.82. The van der Waals surface area contributed by atoms with Crippen LogP contribution in [0.4, 0.5) is 5.69 Å². The van der Waals surface area contributed by atoms with Crippen LogP contribution >= 0.6 is 0 Å². The number of nitrogens with two attached hydrogens (primary N) is 1. The van der Waals surface area contributed by atoms with Crippen LogP contribution in [-0.4, -0.2) is 30.3 Å². The van der Waals surface area contributed by atoms with Crippen LogP contribution in [0.3, 0.4) is 0 Å². The second-order valence-corrected chi connectivity index (χ2v) is 4.65. The summed E-state index contributed by atoms with van der Waals surface area (Å²) in [7, 11) is 1.58. The predicted molar refractivity (Wildman–Crippen MR) is 75.4 cm³/mol. The lowest BCUT2D eigenvalue weighted by atomic mass is 10.0. The SMILES string of the molecule is CCC(NC(C)Cc1ccc(OC)c(N)c1)C(=O)O. The lowest BCUT2D eigenvalue weighted by Crippen LogP contribution is -2.42. The van der Waals surface area contributed by atoms with Crippen LogP contribution in [0.25, 0.3) is 0 Å². The minimum atomic E-state index is -0.816. The first-order chi connectivity index (χ1) is 8.97. The number of rotatable bonds is 7. The second kappa shape index (κ2) is 6.99. The zero-order chi connectivity index (χ0) is 14.4. The molecule has 4 N–H and O–H groups in total. The summed E-state index contributed by atoms with van der Waals surface area (Å²) >= 11 is 0. The van der Waals surface area contributed by atoms with Gasteiger partial charge in [-0.2, -0.15) is 0 Å². The molecule has 0 saturated carbocycles. The molecule has 0 aliphatic heterocycles. The molecule has 19 heavy (non-hydrogen) atoms. The van der Waals surface area contributed by atoms with Gasteiger partial charge in [0.1, 0.15) is 11.8 Å². The van der Waals surface area contributed by atoms with Gasteiger partial charge in [0.25, 0.3) is 0 Å². The average molecular weight is 266 g/mol. The Bertz CT molecular complexity index is 435. The lowest BCUT2D eigenvalue weighted by Gasteiger charge is -2.19. The fourth-order valence-corrected chi connectivity index (χ4v) is 2.03. The summed E-state index contributed by atoms with van der Waals surface area (Å²) in [6, 6.07) is 5.18. The molecule has 1 aromatic carbocycles. The third kappa shape index (κ3) is 4.44. The maximum absolute atomic E-state index is 11.0. The Morgan fingerprint density at radius 2 is 2.21 bits per heavy atom. The molecule has 0 amide bonds. The Kier molecular flexibility index (Phi) is 5.63. The van der Waals surface area contributed by atoms with Crippen molar-refractivity contribution >= 4 is 11.7 Å². The van der Waals surface area contributed by atoms with Crippen molar-refractivity contribution < 1.29 is 14.6 Å². The quantitative estimate of drug-likeness (QED) is 0.654. The lowest BCUT2D eigenvalue weighted by molar-refractivity contribution is -0.139. The van der Waals surface area contributed by atoms with Crippen molar-refractivity contribution in [1.82, 2.24) is 5.32 Å². The summed E-state index contributed by atoms with van der Waals surface area (Å²) in [5, 5.41) is 12.1. The molecule has 0 aromatic heterocycles. The highest BCUT2D eigenvalue weighted by molar-refractivity contribution is 5.73. The van der Waals surface area contributed by atoms with Gasteiger partial charge in [-0.05, 0) is 37.5 Å². The van der Waals surface area contributed by atoms with Crippen LogP contribution in [0.1, 0.15) is 25.8 Å². The Balaban J connectivity index is 2.64. The summed E-state index contributed by atoms with van der Waals surface area (Å²) < 4.78 is 5.10. The Morgan fingerprint density at radius 1 is 1.53 bits per heavy atom. The van der Waals surface area contributed by atoms with Crippen molar-refractivity contribution in [3.8, 4) is 5.75 Å². The summed E-state index contributed by atoms with van der Waals surface area (Å²) in [5.41, 5.74) is 7.49. The van der Waals surface area contributed by atoms with Gasteiger partial charge in [-0.3, -0.25) is 4.79 Å². The smallest absolute Gasteiger partial charge is 0.320 e. The van der Waals surface area contributed by atoms with Crippen molar-refractivity contribution in [2.45, 2.75) is 38.8 Å². The normalized spacial score (nSPS) is 13.8. The number of nitrogens with one attached hydrogen (secondary N) is 1. The van der Waals surface area contributed by atoms with E-state index in [2.05, 4.69) is 5.32 Å². The first-order valence-electron chi connectivity index (χ1n) is 6.39. The number of carboxylic acids is 1. The fraction of sp³-hybridized carbons (Fsp3) is 0.500. The molecule has 0 fully saturated rings. The van der Waals surface area contributed by atoms with Gasteiger partial charge in [0.05, 0.1) is 12.8 Å². The molecule has 106 valence electrons. The molecule has 0 spiro atoms. The minimum Gasteiger partial charge on any atom is -0.495 e. The molecule has 2 unspecified atom stereocenters. The van der Waals surface area contributed by atoms with Gasteiger partial charge in [0, 0.05) is 6.04 Å². The topological polar surface area (TPSA) is 84.6 Å². The molecule has 1 rings (SSSR count). The molecule has 2 atom stereocenters. The van der Waals surface area contributed by atoms with Gasteiger partial charge < -0.3 is 20.9 Å². The average Bonchev–Trinajstić information content (AvgIpc) is 2.35. The number of benzene rings is 1. The standard InChI is InChI=1S/C14H22N2O3/c1-4-12(14(17)18)16-9(2)7-10-5-6-13(19-3)11(15)8-10/h5-6,8-9,12,16H,4,7,15H2,1-3H3,(H,17,18). The van der Waals surface area contributed by atoms with E-state index < -0.39 is 12.0 Å². The largest absolute Gasteiger partial charge is 0.495 e. The van der Waals surface area contributed by atoms with Gasteiger partial charge in [0.2, 0.25) is 0 Å². The third-order valence-corrected chi connectivity index (χ3v) is 3.03. The highest BCUT2D eigenvalue weighted by Crippen LogP contribution is 2.22. The van der Waals surface area contributed by atoms with E-state index in [4.69, 9.17) is 15.6 Å². The Hall–Kier alpha value is -1.75. The molecule has 0 bridgehead atoms. The second-order valence-electron chi connectivity index (χ2n) is 4.65. The number of hydrogen-bond acceptors (Lipinski definition) is 4. The van der Waals surface area contributed by atoms with Gasteiger partial charge >= 0.3 is 5.97 Å². The predicted octanol–water partition coefficient (Wildman–Crippen LogP) is 1.66. The van der Waals surface area contributed by atoms with Crippen molar-refractivity contribution in [1.29, 1.82) is 0 Å². The number of carboxylic acid groups (broad SMARTS) is 1. The number of ether oxygens (including phenoxy) is 1. The van der Waals surface area contributed by atoms with Gasteiger partial charge in [-0.25, -0.2) is 0 Å². The van der Waals surface area contributed by atoms with E-state index in [-0.39, 0.29) is 6.04 Å². The summed E-state index contributed by atoms with van der Waals surface area (Å²) in [6.07, 6.45) is 1.28. The highest BCUT2D eigenvalue weighted by Gasteiger charge is 2.17. The monoisotopic (exact) mass is 266 g/mol. The number of carbonyl (C=O) groups is 1. The van der Waals surface area contributed by atoms with Crippen LogP contribution in [0.2, 0.25) is 0 Å². The number of nitrogen functional groups attached to an aromatic ring is 1. The molecular formula is C14H22N2O3. The van der Waals surface area contributed by atoms with Gasteiger partial charge in [-0.1, -0.05) is 13.0 Å². The molecule has 0 aliphatic rings. The molecule has 5 heteroatoms. The molecular weight excluding hydrogens is 244 g/mol. The zero-order valence-corrected chi connectivity index (χ0v) is 11.6. The first kappa shape index (κ1) is 15.3. The Morgan fingerprint density at radius 3 is 2.68 bits per heavy atom. The van der Waals surface area contributed by atoms with Crippen molar-refractivity contribution in [2.24, 2.45) is 0 Å². The van der Waals surface area contributed by atoms with Crippen LogP contribution in [0, 0.1) is 0 Å². The highest BCUT2D eigenvalue weighted by atomic mass is 16.5. The molecule has 0 heterocycles. The minimum absolute atomic E-state index is 0.0637. The maximum atomic E-state index is 11.0. The molecule has 0 radical (unpaired) electrons. The third-order valence-electron chi connectivity index (χ3n) is 3.03. The van der Waals surface area contributed by atoms with E-state index in [0.29, 0.717) is 17.9 Å². The zero-order valence-electron chi connectivity index (χ0n) is 11.6. The maximum Gasteiger partial charge on any atom is 0.320 e. The number of hydrogen-bond donors (Lipinski definition) is 3. The molecule has 0 saturated heterocycles. The van der Waals surface area contributed by atoms with E-state index in [9.17, 15) is 4.79 Å². The molecule has 5 nitrogen and oxygen atoms in total. The van der Waals surface area contributed by atoms with E-state index >= 15 is 0 Å². The van der Waals surface area contributed by atoms with Crippen molar-refractivity contribution in [3.05, 3.63) is 23.8 Å². The van der Waals surface area contributed by atoms with Gasteiger partial charge in [0.15, 0.2) is 0 Å². The molecule has 0 aliphatic carbocycles. The molecule has 1 aromatic rings. The number of methoxy groups -OCH3 is 1. The van der Waals surface area contributed by atoms with Crippen LogP contribution < -0.4 is 15.8 Å². The van der Waals surface area contributed by atoms with E-state index in [0.717, 1.165) is 12.0 Å². The first-order valence-corrected chi connectivity index (χ1v) is 6.39.